The van der Waals surface area contributed by atoms with Gasteiger partial charge in [-0.15, -0.1) is 0 Å². The van der Waals surface area contributed by atoms with Crippen molar-refractivity contribution in [2.24, 2.45) is 0 Å². The fraction of sp³-hybridized carbons (Fsp3) is 1.00. The number of hydrogen-bond acceptors (Lipinski definition) is 3. The number of ether oxygens (including phenoxy) is 1. The van der Waals surface area contributed by atoms with Gasteiger partial charge in [0.1, 0.15) is 6.61 Å². The van der Waals surface area contributed by atoms with Crippen molar-refractivity contribution in [3.05, 3.63) is 0 Å². The van der Waals surface area contributed by atoms with Gasteiger partial charge in [-0.2, -0.15) is 0 Å². The van der Waals surface area contributed by atoms with E-state index in [1.165, 1.54) is 0 Å². The molecule has 60 valence electrons. The van der Waals surface area contributed by atoms with E-state index in [1.54, 1.807) is 0 Å². The Labute approximate surface area is 58.3 Å². The standard InChI is InChI=1S/C4H7F2O3P/c5-4(6)2-8-1-3(4)9-10-7/h3,7,10H,1-2H2. The smallest absolute Gasteiger partial charge is 0.299 e. The molecule has 0 saturated carbocycles. The van der Waals surface area contributed by atoms with Crippen LogP contribution >= 0.6 is 9.03 Å². The first-order valence-corrected chi connectivity index (χ1v) is 3.52. The second-order valence-electron chi connectivity index (χ2n) is 1.97. The van der Waals surface area contributed by atoms with E-state index in [-0.39, 0.29) is 6.61 Å². The molecule has 1 saturated heterocycles. The van der Waals surface area contributed by atoms with Crippen molar-refractivity contribution in [1.29, 1.82) is 0 Å². The molecule has 3 nitrogen and oxygen atoms in total. The zero-order valence-electron chi connectivity index (χ0n) is 5.01. The predicted octanol–water partition coefficient (Wildman–Crippen LogP) is 0.538. The summed E-state index contributed by atoms with van der Waals surface area (Å²) in [7, 11) is -0.902. The molecule has 0 spiro atoms. The Balaban J connectivity index is 2.43. The molecule has 0 aromatic heterocycles. The summed E-state index contributed by atoms with van der Waals surface area (Å²) in [5.74, 6) is -2.93. The Kier molecular flexibility index (Phi) is 2.52. The Morgan fingerprint density at radius 3 is 2.80 bits per heavy atom. The molecule has 2 atom stereocenters. The third kappa shape index (κ3) is 1.61. The van der Waals surface area contributed by atoms with E-state index < -0.39 is 27.7 Å². The normalized spacial score (nSPS) is 32.1. The van der Waals surface area contributed by atoms with Gasteiger partial charge < -0.3 is 14.2 Å². The molecule has 0 radical (unpaired) electrons. The van der Waals surface area contributed by atoms with Gasteiger partial charge in [0.05, 0.1) is 6.61 Å². The molecule has 0 amide bonds. The van der Waals surface area contributed by atoms with Crippen molar-refractivity contribution in [1.82, 2.24) is 0 Å². The Hall–Kier alpha value is 0.170. The first kappa shape index (κ1) is 8.27. The van der Waals surface area contributed by atoms with E-state index in [1.807, 2.05) is 0 Å². The van der Waals surface area contributed by atoms with E-state index in [2.05, 4.69) is 9.26 Å². The van der Waals surface area contributed by atoms with Crippen molar-refractivity contribution in [2.45, 2.75) is 12.0 Å². The summed E-state index contributed by atoms with van der Waals surface area (Å²) in [4.78, 5) is 8.18. The van der Waals surface area contributed by atoms with Crippen molar-refractivity contribution in [3.63, 3.8) is 0 Å². The van der Waals surface area contributed by atoms with Crippen LogP contribution < -0.4 is 0 Å². The van der Waals surface area contributed by atoms with E-state index >= 15 is 0 Å². The third-order valence-electron chi connectivity index (χ3n) is 1.23. The van der Waals surface area contributed by atoms with Crippen molar-refractivity contribution >= 4 is 9.03 Å². The molecule has 1 aliphatic rings. The number of alkyl halides is 2. The van der Waals surface area contributed by atoms with Crippen LogP contribution in [0.5, 0.6) is 0 Å². The molecule has 2 unspecified atom stereocenters. The summed E-state index contributed by atoms with van der Waals surface area (Å²) in [6, 6.07) is 0. The molecule has 10 heavy (non-hydrogen) atoms. The monoisotopic (exact) mass is 172 g/mol. The lowest BCUT2D eigenvalue weighted by Gasteiger charge is -2.14. The molecule has 6 heteroatoms. The van der Waals surface area contributed by atoms with Crippen molar-refractivity contribution in [2.75, 3.05) is 13.2 Å². The highest BCUT2D eigenvalue weighted by Crippen LogP contribution is 2.30. The zero-order valence-corrected chi connectivity index (χ0v) is 6.01. The highest BCUT2D eigenvalue weighted by Gasteiger charge is 2.46. The third-order valence-corrected chi connectivity index (χ3v) is 1.62. The fourth-order valence-corrected chi connectivity index (χ4v) is 1.07. The predicted molar refractivity (Wildman–Crippen MR) is 31.2 cm³/mol. The number of rotatable bonds is 2. The van der Waals surface area contributed by atoms with Gasteiger partial charge >= 0.3 is 0 Å². The molecule has 0 aliphatic carbocycles. The Bertz CT molecular complexity index is 121. The maximum absolute atomic E-state index is 12.4. The van der Waals surface area contributed by atoms with Gasteiger partial charge in [-0.05, 0) is 0 Å². The lowest BCUT2D eigenvalue weighted by atomic mass is 10.2. The van der Waals surface area contributed by atoms with E-state index in [9.17, 15) is 8.78 Å². The van der Waals surface area contributed by atoms with Crippen LogP contribution in [0.2, 0.25) is 0 Å². The summed E-state index contributed by atoms with van der Waals surface area (Å²) in [6.07, 6.45) is -1.27. The van der Waals surface area contributed by atoms with Crippen LogP contribution in [0.1, 0.15) is 0 Å². The molecule has 1 rings (SSSR count). The molecule has 1 aliphatic heterocycles. The van der Waals surface area contributed by atoms with Gasteiger partial charge in [0, 0.05) is 0 Å². The van der Waals surface area contributed by atoms with Crippen LogP contribution in [0, 0.1) is 0 Å². The van der Waals surface area contributed by atoms with Gasteiger partial charge in [0.2, 0.25) is 0 Å². The summed E-state index contributed by atoms with van der Waals surface area (Å²) < 4.78 is 33.6. The number of halogens is 2. The van der Waals surface area contributed by atoms with Crippen LogP contribution in [-0.2, 0) is 9.26 Å². The highest BCUT2D eigenvalue weighted by molar-refractivity contribution is 7.25. The minimum atomic E-state index is -2.93. The summed E-state index contributed by atoms with van der Waals surface area (Å²) in [6.45, 7) is -0.747. The summed E-state index contributed by atoms with van der Waals surface area (Å²) in [5, 5.41) is 0. The first-order chi connectivity index (χ1) is 4.67. The first-order valence-electron chi connectivity index (χ1n) is 2.67. The van der Waals surface area contributed by atoms with E-state index in [0.717, 1.165) is 0 Å². The molecule has 0 aromatic carbocycles. The van der Waals surface area contributed by atoms with Crippen LogP contribution in [-0.4, -0.2) is 30.1 Å². The van der Waals surface area contributed by atoms with E-state index in [0.29, 0.717) is 0 Å². The molecule has 1 fully saturated rings. The molecular weight excluding hydrogens is 165 g/mol. The van der Waals surface area contributed by atoms with Crippen LogP contribution in [0.4, 0.5) is 8.78 Å². The second kappa shape index (κ2) is 3.05. The van der Waals surface area contributed by atoms with Crippen molar-refractivity contribution < 1.29 is 22.9 Å². The van der Waals surface area contributed by atoms with Gasteiger partial charge in [0.25, 0.3) is 5.92 Å². The molecule has 0 aromatic rings. The van der Waals surface area contributed by atoms with Crippen LogP contribution in [0.25, 0.3) is 0 Å². The molecule has 0 bridgehead atoms. The molecule has 1 N–H and O–H groups in total. The Morgan fingerprint density at radius 2 is 2.40 bits per heavy atom. The van der Waals surface area contributed by atoms with Crippen LogP contribution in [0.15, 0.2) is 0 Å². The van der Waals surface area contributed by atoms with Gasteiger partial charge in [0.15, 0.2) is 15.1 Å². The zero-order chi connectivity index (χ0) is 7.61. The molecule has 1 heterocycles. The number of hydrogen-bond donors (Lipinski definition) is 1. The Morgan fingerprint density at radius 1 is 1.70 bits per heavy atom. The lowest BCUT2D eigenvalue weighted by Crippen LogP contribution is -2.32. The minimum Gasteiger partial charge on any atom is -0.372 e. The lowest BCUT2D eigenvalue weighted by molar-refractivity contribution is -0.0638. The van der Waals surface area contributed by atoms with Crippen LogP contribution in [0.3, 0.4) is 0 Å². The van der Waals surface area contributed by atoms with Gasteiger partial charge in [-0.1, -0.05) is 0 Å². The second-order valence-corrected chi connectivity index (χ2v) is 2.39. The van der Waals surface area contributed by atoms with E-state index in [4.69, 9.17) is 4.89 Å². The largest absolute Gasteiger partial charge is 0.372 e. The van der Waals surface area contributed by atoms with Gasteiger partial charge in [-0.25, -0.2) is 8.78 Å². The maximum Gasteiger partial charge on any atom is 0.299 e. The minimum absolute atomic E-state index is 0.138. The molecular formula is C4H7F2O3P. The SMILES string of the molecule is OPOC1COCC1(F)F. The average Bonchev–Trinajstić information content (AvgIpc) is 2.13. The summed E-state index contributed by atoms with van der Waals surface area (Å²) in [5.41, 5.74) is 0. The summed E-state index contributed by atoms with van der Waals surface area (Å²) >= 11 is 0. The average molecular weight is 172 g/mol. The maximum atomic E-state index is 12.4. The highest BCUT2D eigenvalue weighted by atomic mass is 31.1. The van der Waals surface area contributed by atoms with Gasteiger partial charge in [-0.3, -0.25) is 0 Å². The topological polar surface area (TPSA) is 38.7 Å². The van der Waals surface area contributed by atoms with Crippen molar-refractivity contribution in [3.8, 4) is 0 Å². The fourth-order valence-electron chi connectivity index (χ4n) is 0.701. The quantitative estimate of drug-likeness (QED) is 0.617.